The summed E-state index contributed by atoms with van der Waals surface area (Å²) in [4.78, 5) is 18.0. The van der Waals surface area contributed by atoms with Gasteiger partial charge in [-0.15, -0.1) is 0 Å². The molecule has 1 heterocycles. The second kappa shape index (κ2) is 7.11. The molecule has 0 unspecified atom stereocenters. The van der Waals surface area contributed by atoms with E-state index in [1.807, 2.05) is 84.9 Å². The summed E-state index contributed by atoms with van der Waals surface area (Å²) < 4.78 is 0. The molecule has 0 aliphatic heterocycles. The molecule has 126 valence electrons. The van der Waals surface area contributed by atoms with Crippen LogP contribution in [-0.2, 0) is 0 Å². The second-order valence-electron chi connectivity index (χ2n) is 6.14. The summed E-state index contributed by atoms with van der Waals surface area (Å²) in [6, 6.07) is 26.7. The molecule has 3 heteroatoms. The van der Waals surface area contributed by atoms with Gasteiger partial charge < -0.3 is 0 Å². The molecule has 0 aliphatic carbocycles. The normalized spacial score (nSPS) is 12.0. The topological polar surface area (TPSA) is 30.0 Å². The molecule has 0 amide bonds. The number of halogens is 1. The van der Waals surface area contributed by atoms with Crippen molar-refractivity contribution in [3.63, 3.8) is 0 Å². The van der Waals surface area contributed by atoms with Crippen molar-refractivity contribution >= 4 is 28.3 Å². The molecule has 4 rings (SSSR count). The van der Waals surface area contributed by atoms with E-state index >= 15 is 0 Å². The van der Waals surface area contributed by atoms with Crippen molar-refractivity contribution in [2.24, 2.45) is 0 Å². The number of hydrogen-bond donors (Lipinski definition) is 0. The van der Waals surface area contributed by atoms with E-state index in [1.165, 1.54) is 0 Å². The standard InChI is InChI=1S/C23H16ClNO/c24-19-13-11-16(12-14-19)21(23(26)18-6-2-1-3-7-18)20-10-4-8-17-9-5-15-25-22(17)20/h1-15,21H/t21-/m1/s1. The number of ketones is 1. The number of benzene rings is 3. The highest BCUT2D eigenvalue weighted by molar-refractivity contribution is 6.30. The average molecular weight is 358 g/mol. The SMILES string of the molecule is O=C(c1ccccc1)[C@H](c1ccc(Cl)cc1)c1cccc2cccnc12. The Hall–Kier alpha value is -2.97. The van der Waals surface area contributed by atoms with Crippen LogP contribution in [0.5, 0.6) is 0 Å². The number of nitrogens with zero attached hydrogens (tertiary/aromatic N) is 1. The first kappa shape index (κ1) is 16.5. The molecule has 4 aromatic rings. The van der Waals surface area contributed by atoms with Gasteiger partial charge in [0.05, 0.1) is 11.4 Å². The van der Waals surface area contributed by atoms with Crippen LogP contribution in [0.3, 0.4) is 0 Å². The average Bonchev–Trinajstić information content (AvgIpc) is 2.70. The van der Waals surface area contributed by atoms with Gasteiger partial charge in [0.2, 0.25) is 0 Å². The predicted octanol–water partition coefficient (Wildman–Crippen LogP) is 5.90. The van der Waals surface area contributed by atoms with E-state index in [4.69, 9.17) is 11.6 Å². The van der Waals surface area contributed by atoms with Crippen molar-refractivity contribution in [1.82, 2.24) is 4.98 Å². The summed E-state index contributed by atoms with van der Waals surface area (Å²) in [5.74, 6) is -0.389. The van der Waals surface area contributed by atoms with E-state index in [2.05, 4.69) is 4.98 Å². The third kappa shape index (κ3) is 3.12. The minimum absolute atomic E-state index is 0.0473. The largest absolute Gasteiger partial charge is 0.293 e. The van der Waals surface area contributed by atoms with Gasteiger partial charge in [0, 0.05) is 22.2 Å². The second-order valence-corrected chi connectivity index (χ2v) is 6.57. The molecule has 0 N–H and O–H groups in total. The Kier molecular flexibility index (Phi) is 4.51. The molecule has 0 saturated heterocycles. The highest BCUT2D eigenvalue weighted by Gasteiger charge is 2.26. The van der Waals surface area contributed by atoms with E-state index in [0.29, 0.717) is 10.6 Å². The fourth-order valence-electron chi connectivity index (χ4n) is 3.26. The van der Waals surface area contributed by atoms with Crippen molar-refractivity contribution in [2.75, 3.05) is 0 Å². The minimum Gasteiger partial charge on any atom is -0.293 e. The van der Waals surface area contributed by atoms with E-state index in [-0.39, 0.29) is 5.78 Å². The van der Waals surface area contributed by atoms with Crippen LogP contribution in [0, 0.1) is 0 Å². The van der Waals surface area contributed by atoms with E-state index in [1.54, 1.807) is 6.20 Å². The van der Waals surface area contributed by atoms with Crippen LogP contribution < -0.4 is 0 Å². The summed E-state index contributed by atoms with van der Waals surface area (Å²) in [6.45, 7) is 0. The fraction of sp³-hybridized carbons (Fsp3) is 0.0435. The number of carbonyl (C=O) groups is 1. The number of Topliss-reactive ketones (excluding diaryl/α,β-unsaturated/α-hetero) is 1. The van der Waals surface area contributed by atoms with Crippen LogP contribution >= 0.6 is 11.6 Å². The van der Waals surface area contributed by atoms with Crippen molar-refractivity contribution in [2.45, 2.75) is 5.92 Å². The minimum atomic E-state index is -0.437. The maximum Gasteiger partial charge on any atom is 0.174 e. The van der Waals surface area contributed by atoms with Crippen molar-refractivity contribution in [3.8, 4) is 0 Å². The van der Waals surface area contributed by atoms with Crippen molar-refractivity contribution < 1.29 is 4.79 Å². The third-order valence-corrected chi connectivity index (χ3v) is 4.75. The van der Waals surface area contributed by atoms with E-state index < -0.39 is 5.92 Å². The maximum absolute atomic E-state index is 13.4. The van der Waals surface area contributed by atoms with Crippen LogP contribution in [0.1, 0.15) is 27.4 Å². The van der Waals surface area contributed by atoms with Gasteiger partial charge in [0.15, 0.2) is 5.78 Å². The van der Waals surface area contributed by atoms with E-state index in [0.717, 1.165) is 22.0 Å². The molecule has 0 aliphatic rings. The first-order valence-electron chi connectivity index (χ1n) is 8.42. The molecular formula is C23H16ClNO. The number of rotatable bonds is 4. The molecule has 0 bridgehead atoms. The smallest absolute Gasteiger partial charge is 0.174 e. The monoisotopic (exact) mass is 357 g/mol. The Morgan fingerprint density at radius 3 is 2.31 bits per heavy atom. The molecule has 0 radical (unpaired) electrons. The third-order valence-electron chi connectivity index (χ3n) is 4.50. The summed E-state index contributed by atoms with van der Waals surface area (Å²) in [7, 11) is 0. The van der Waals surface area contributed by atoms with Crippen LogP contribution in [-0.4, -0.2) is 10.8 Å². The zero-order chi connectivity index (χ0) is 17.9. The maximum atomic E-state index is 13.4. The van der Waals surface area contributed by atoms with Gasteiger partial charge in [-0.05, 0) is 29.3 Å². The number of hydrogen-bond acceptors (Lipinski definition) is 2. The van der Waals surface area contributed by atoms with Crippen LogP contribution in [0.15, 0.2) is 91.1 Å². The molecular weight excluding hydrogens is 342 g/mol. The molecule has 0 spiro atoms. The van der Waals surface area contributed by atoms with Gasteiger partial charge >= 0.3 is 0 Å². The predicted molar refractivity (Wildman–Crippen MR) is 106 cm³/mol. The Morgan fingerprint density at radius 1 is 0.808 bits per heavy atom. The zero-order valence-corrected chi connectivity index (χ0v) is 14.7. The zero-order valence-electron chi connectivity index (χ0n) is 14.0. The van der Waals surface area contributed by atoms with Gasteiger partial charge in [-0.25, -0.2) is 0 Å². The Balaban J connectivity index is 1.93. The van der Waals surface area contributed by atoms with Gasteiger partial charge in [-0.2, -0.15) is 0 Å². The number of aromatic nitrogens is 1. The Labute approximate surface area is 157 Å². The Bertz CT molecular complexity index is 1050. The molecule has 26 heavy (non-hydrogen) atoms. The number of para-hydroxylation sites is 1. The highest BCUT2D eigenvalue weighted by atomic mass is 35.5. The molecule has 0 saturated carbocycles. The summed E-state index contributed by atoms with van der Waals surface area (Å²) in [5.41, 5.74) is 3.33. The van der Waals surface area contributed by atoms with Gasteiger partial charge in [-0.3, -0.25) is 9.78 Å². The van der Waals surface area contributed by atoms with Gasteiger partial charge in [0.1, 0.15) is 0 Å². The van der Waals surface area contributed by atoms with Crippen LogP contribution in [0.4, 0.5) is 0 Å². The highest BCUT2D eigenvalue weighted by Crippen LogP contribution is 2.33. The van der Waals surface area contributed by atoms with Gasteiger partial charge in [0.25, 0.3) is 0 Å². The lowest BCUT2D eigenvalue weighted by atomic mass is 9.84. The first-order chi connectivity index (χ1) is 12.7. The first-order valence-corrected chi connectivity index (χ1v) is 8.80. The molecule has 3 aromatic carbocycles. The number of fused-ring (bicyclic) bond motifs is 1. The lowest BCUT2D eigenvalue weighted by Crippen LogP contribution is -2.15. The molecule has 1 atom stereocenters. The van der Waals surface area contributed by atoms with Gasteiger partial charge in [-0.1, -0.05) is 78.3 Å². The molecule has 1 aromatic heterocycles. The fourth-order valence-corrected chi connectivity index (χ4v) is 3.38. The van der Waals surface area contributed by atoms with Crippen LogP contribution in [0.25, 0.3) is 10.9 Å². The molecule has 2 nitrogen and oxygen atoms in total. The lowest BCUT2D eigenvalue weighted by Gasteiger charge is -2.19. The van der Waals surface area contributed by atoms with E-state index in [9.17, 15) is 4.79 Å². The number of carbonyl (C=O) groups excluding carboxylic acids is 1. The quantitative estimate of drug-likeness (QED) is 0.425. The summed E-state index contributed by atoms with van der Waals surface area (Å²) in [6.07, 6.45) is 1.76. The summed E-state index contributed by atoms with van der Waals surface area (Å²) >= 11 is 6.06. The summed E-state index contributed by atoms with van der Waals surface area (Å²) in [5, 5.41) is 1.67. The lowest BCUT2D eigenvalue weighted by molar-refractivity contribution is 0.0974. The van der Waals surface area contributed by atoms with Crippen LogP contribution in [0.2, 0.25) is 5.02 Å². The number of pyridine rings is 1. The van der Waals surface area contributed by atoms with Crippen molar-refractivity contribution in [1.29, 1.82) is 0 Å². The van der Waals surface area contributed by atoms with Crippen molar-refractivity contribution in [3.05, 3.63) is 113 Å². The molecule has 0 fully saturated rings. The Morgan fingerprint density at radius 2 is 1.54 bits per heavy atom.